The molecule has 0 amide bonds. The summed E-state index contributed by atoms with van der Waals surface area (Å²) in [5, 5.41) is 14.3. The standard InChI is InChI=1S/C22H22N4O2/c23-11-4-12-26-21(22(27)28)18-10-8-16-14-24-17(13-19(16)20(18)25-26)9-7-15-5-2-1-3-6-15/h1-3,5-7,9,13-14H,4,8,10-12,23H2,(H,27,28)/b9-7+. The number of nitrogens with two attached hydrogens (primary N) is 1. The van der Waals surface area contributed by atoms with Crippen LogP contribution in [-0.4, -0.2) is 32.4 Å². The first-order valence-electron chi connectivity index (χ1n) is 9.43. The van der Waals surface area contributed by atoms with Crippen LogP contribution in [0.3, 0.4) is 0 Å². The third kappa shape index (κ3) is 3.46. The quantitative estimate of drug-likeness (QED) is 0.691. The molecular formula is C22H22N4O2. The van der Waals surface area contributed by atoms with Crippen molar-refractivity contribution in [3.8, 4) is 11.3 Å². The van der Waals surface area contributed by atoms with E-state index in [1.165, 1.54) is 0 Å². The van der Waals surface area contributed by atoms with Gasteiger partial charge in [-0.3, -0.25) is 9.67 Å². The van der Waals surface area contributed by atoms with E-state index >= 15 is 0 Å². The molecule has 2 heterocycles. The van der Waals surface area contributed by atoms with E-state index in [0.29, 0.717) is 25.9 Å². The van der Waals surface area contributed by atoms with Crippen LogP contribution in [0.25, 0.3) is 23.4 Å². The van der Waals surface area contributed by atoms with E-state index < -0.39 is 5.97 Å². The van der Waals surface area contributed by atoms with Gasteiger partial charge in [-0.1, -0.05) is 36.4 Å². The third-order valence-corrected chi connectivity index (χ3v) is 4.98. The predicted octanol–water partition coefficient (Wildman–Crippen LogP) is 3.26. The highest BCUT2D eigenvalue weighted by Gasteiger charge is 2.28. The maximum absolute atomic E-state index is 11.8. The topological polar surface area (TPSA) is 94.0 Å². The number of hydrogen-bond acceptors (Lipinski definition) is 4. The first-order valence-corrected chi connectivity index (χ1v) is 9.43. The number of aromatic carboxylic acids is 1. The molecule has 1 aliphatic carbocycles. The Balaban J connectivity index is 1.73. The molecule has 142 valence electrons. The molecule has 0 bridgehead atoms. The minimum absolute atomic E-state index is 0.285. The van der Waals surface area contributed by atoms with E-state index in [2.05, 4.69) is 10.1 Å². The highest BCUT2D eigenvalue weighted by molar-refractivity contribution is 5.91. The fraction of sp³-hybridized carbons (Fsp3) is 0.227. The lowest BCUT2D eigenvalue weighted by Gasteiger charge is -2.15. The molecule has 2 aromatic heterocycles. The number of carboxylic acid groups (broad SMARTS) is 1. The number of rotatable bonds is 6. The smallest absolute Gasteiger partial charge is 0.354 e. The summed E-state index contributed by atoms with van der Waals surface area (Å²) in [7, 11) is 0. The van der Waals surface area contributed by atoms with Gasteiger partial charge in [0.2, 0.25) is 0 Å². The van der Waals surface area contributed by atoms with E-state index in [1.54, 1.807) is 4.68 Å². The van der Waals surface area contributed by atoms with Gasteiger partial charge in [0.15, 0.2) is 0 Å². The summed E-state index contributed by atoms with van der Waals surface area (Å²) in [6, 6.07) is 12.0. The maximum atomic E-state index is 11.8. The van der Waals surface area contributed by atoms with Crippen molar-refractivity contribution in [3.05, 3.63) is 70.7 Å². The third-order valence-electron chi connectivity index (χ3n) is 4.98. The van der Waals surface area contributed by atoms with Crippen molar-refractivity contribution >= 4 is 18.1 Å². The van der Waals surface area contributed by atoms with Crippen molar-refractivity contribution in [2.24, 2.45) is 5.73 Å². The second-order valence-electron chi connectivity index (χ2n) is 6.86. The zero-order chi connectivity index (χ0) is 19.5. The van der Waals surface area contributed by atoms with Crippen molar-refractivity contribution in [1.29, 1.82) is 0 Å². The molecule has 3 N–H and O–H groups in total. The van der Waals surface area contributed by atoms with Crippen LogP contribution in [0.15, 0.2) is 42.6 Å². The van der Waals surface area contributed by atoms with Crippen molar-refractivity contribution in [3.63, 3.8) is 0 Å². The molecule has 0 saturated carbocycles. The SMILES string of the molecule is NCCCn1nc2c(c1C(=O)O)CCc1cnc(/C=C/c3ccccc3)cc1-2. The average Bonchev–Trinajstić information content (AvgIpc) is 3.10. The van der Waals surface area contributed by atoms with Crippen molar-refractivity contribution in [2.75, 3.05) is 6.54 Å². The first-order chi connectivity index (χ1) is 13.7. The number of fused-ring (bicyclic) bond motifs is 3. The van der Waals surface area contributed by atoms with Gasteiger partial charge in [0, 0.05) is 23.9 Å². The molecule has 1 aromatic carbocycles. The molecule has 4 rings (SSSR count). The summed E-state index contributed by atoms with van der Waals surface area (Å²) < 4.78 is 1.59. The number of carboxylic acids is 1. The molecule has 28 heavy (non-hydrogen) atoms. The zero-order valence-electron chi connectivity index (χ0n) is 15.5. The Morgan fingerprint density at radius 1 is 1.21 bits per heavy atom. The van der Waals surface area contributed by atoms with Gasteiger partial charge in [0.05, 0.1) is 11.4 Å². The van der Waals surface area contributed by atoms with Gasteiger partial charge in [-0.25, -0.2) is 4.79 Å². The molecule has 0 aliphatic heterocycles. The molecular weight excluding hydrogens is 352 g/mol. The Hall–Kier alpha value is -3.25. The van der Waals surface area contributed by atoms with Gasteiger partial charge in [-0.15, -0.1) is 0 Å². The Morgan fingerprint density at radius 3 is 2.79 bits per heavy atom. The summed E-state index contributed by atoms with van der Waals surface area (Å²) in [5.41, 5.74) is 11.4. The predicted molar refractivity (Wildman–Crippen MR) is 109 cm³/mol. The van der Waals surface area contributed by atoms with Crippen LogP contribution in [-0.2, 0) is 19.4 Å². The molecule has 0 saturated heterocycles. The van der Waals surface area contributed by atoms with Crippen LogP contribution in [0.4, 0.5) is 0 Å². The van der Waals surface area contributed by atoms with Crippen LogP contribution in [0, 0.1) is 0 Å². The van der Waals surface area contributed by atoms with Gasteiger partial charge in [-0.05, 0) is 49.1 Å². The number of carbonyl (C=O) groups is 1. The second kappa shape index (κ2) is 7.78. The van der Waals surface area contributed by atoms with E-state index in [9.17, 15) is 9.90 Å². The number of pyridine rings is 1. The monoisotopic (exact) mass is 374 g/mol. The van der Waals surface area contributed by atoms with Gasteiger partial charge in [0.1, 0.15) is 5.69 Å². The fourth-order valence-corrected chi connectivity index (χ4v) is 3.61. The summed E-state index contributed by atoms with van der Waals surface area (Å²) in [4.78, 5) is 16.4. The lowest BCUT2D eigenvalue weighted by molar-refractivity contribution is 0.0681. The largest absolute Gasteiger partial charge is 0.477 e. The lowest BCUT2D eigenvalue weighted by Crippen LogP contribution is -2.14. The first kappa shape index (κ1) is 18.1. The minimum atomic E-state index is -0.938. The Bertz CT molecular complexity index is 1040. The highest BCUT2D eigenvalue weighted by Crippen LogP contribution is 2.35. The maximum Gasteiger partial charge on any atom is 0.354 e. The van der Waals surface area contributed by atoms with Gasteiger partial charge in [0.25, 0.3) is 0 Å². The molecule has 6 nitrogen and oxygen atoms in total. The number of nitrogens with zero attached hydrogens (tertiary/aromatic N) is 3. The van der Waals surface area contributed by atoms with Crippen LogP contribution in [0.5, 0.6) is 0 Å². The summed E-state index contributed by atoms with van der Waals surface area (Å²) in [6.45, 7) is 1.00. The van der Waals surface area contributed by atoms with Crippen molar-refractivity contribution in [2.45, 2.75) is 25.8 Å². The number of aryl methyl sites for hydroxylation is 2. The van der Waals surface area contributed by atoms with E-state index in [4.69, 9.17) is 5.73 Å². The number of hydrogen-bond donors (Lipinski definition) is 2. The van der Waals surface area contributed by atoms with E-state index in [1.807, 2.05) is 54.7 Å². The number of aromatic nitrogens is 3. The summed E-state index contributed by atoms with van der Waals surface area (Å²) >= 11 is 0. The molecule has 0 radical (unpaired) electrons. The molecule has 0 fully saturated rings. The molecule has 1 aliphatic rings. The van der Waals surface area contributed by atoms with Crippen molar-refractivity contribution < 1.29 is 9.90 Å². The minimum Gasteiger partial charge on any atom is -0.477 e. The Morgan fingerprint density at radius 2 is 2.04 bits per heavy atom. The summed E-state index contributed by atoms with van der Waals surface area (Å²) in [5.74, 6) is -0.938. The Kier molecular flexibility index (Phi) is 5.04. The highest BCUT2D eigenvalue weighted by atomic mass is 16.4. The van der Waals surface area contributed by atoms with Crippen LogP contribution in [0.2, 0.25) is 0 Å². The average molecular weight is 374 g/mol. The molecule has 0 atom stereocenters. The van der Waals surface area contributed by atoms with Crippen LogP contribution >= 0.6 is 0 Å². The van der Waals surface area contributed by atoms with Crippen molar-refractivity contribution in [1.82, 2.24) is 14.8 Å². The zero-order valence-corrected chi connectivity index (χ0v) is 15.5. The number of benzene rings is 1. The van der Waals surface area contributed by atoms with E-state index in [-0.39, 0.29) is 5.69 Å². The second-order valence-corrected chi connectivity index (χ2v) is 6.86. The lowest BCUT2D eigenvalue weighted by atomic mass is 9.89. The van der Waals surface area contributed by atoms with Gasteiger partial charge < -0.3 is 10.8 Å². The normalized spacial score (nSPS) is 12.8. The fourth-order valence-electron chi connectivity index (χ4n) is 3.61. The van der Waals surface area contributed by atoms with Crippen LogP contribution in [0.1, 0.15) is 39.3 Å². The molecule has 3 aromatic rings. The Labute approximate surface area is 163 Å². The van der Waals surface area contributed by atoms with Crippen LogP contribution < -0.4 is 5.73 Å². The molecule has 0 unspecified atom stereocenters. The van der Waals surface area contributed by atoms with Gasteiger partial charge in [-0.2, -0.15) is 5.10 Å². The molecule has 0 spiro atoms. The van der Waals surface area contributed by atoms with Gasteiger partial charge >= 0.3 is 5.97 Å². The summed E-state index contributed by atoms with van der Waals surface area (Å²) in [6.07, 6.45) is 7.97. The van der Waals surface area contributed by atoms with E-state index in [0.717, 1.165) is 40.1 Å². The molecule has 6 heteroatoms.